The Morgan fingerprint density at radius 2 is 2.14 bits per heavy atom. The molecule has 9 heteroatoms. The van der Waals surface area contributed by atoms with Crippen LogP contribution in [0.5, 0.6) is 5.75 Å². The number of carbonyl (C=O) groups excluding carboxylic acids is 1. The lowest BCUT2D eigenvalue weighted by atomic mass is 10.1. The van der Waals surface area contributed by atoms with Crippen LogP contribution in [0.1, 0.15) is 13.3 Å². The number of benzene rings is 1. The van der Waals surface area contributed by atoms with Crippen LogP contribution in [-0.2, 0) is 15.0 Å². The van der Waals surface area contributed by atoms with Crippen molar-refractivity contribution in [2.75, 3.05) is 23.8 Å². The predicted octanol–water partition coefficient (Wildman–Crippen LogP) is 2.64. The Hall–Kier alpha value is -1.22. The van der Waals surface area contributed by atoms with Crippen LogP contribution in [0.15, 0.2) is 16.6 Å². The van der Waals surface area contributed by atoms with Crippen molar-refractivity contribution in [2.45, 2.75) is 13.3 Å². The molecule has 1 unspecified atom stereocenters. The summed E-state index contributed by atoms with van der Waals surface area (Å²) in [7, 11) is -4.67. The van der Waals surface area contributed by atoms with Crippen molar-refractivity contribution in [1.82, 2.24) is 0 Å². The molecule has 0 aromatic heterocycles. The Bertz CT molecular complexity index is 696. The van der Waals surface area contributed by atoms with E-state index in [1.54, 1.807) is 6.92 Å². The normalized spacial score (nSPS) is 18.8. The first kappa shape index (κ1) is 17.1. The van der Waals surface area contributed by atoms with Crippen molar-refractivity contribution in [3.63, 3.8) is 0 Å². The van der Waals surface area contributed by atoms with Gasteiger partial charge in [-0.15, -0.1) is 3.89 Å². The average Bonchev–Trinajstić information content (AvgIpc) is 2.70. The number of carbonyl (C=O) groups is 1. The van der Waals surface area contributed by atoms with E-state index in [-0.39, 0.29) is 18.7 Å². The molecule has 0 N–H and O–H groups in total. The van der Waals surface area contributed by atoms with E-state index < -0.39 is 33.6 Å². The lowest BCUT2D eigenvalue weighted by Crippen LogP contribution is -2.26. The summed E-state index contributed by atoms with van der Waals surface area (Å²) < 4.78 is 53.6. The number of halogens is 3. The first-order valence-electron chi connectivity index (χ1n) is 6.55. The van der Waals surface area contributed by atoms with E-state index in [0.717, 1.165) is 6.07 Å². The van der Waals surface area contributed by atoms with E-state index in [1.807, 2.05) is 0 Å². The number of hydrogen-bond acceptors (Lipinski definition) is 4. The first-order valence-corrected chi connectivity index (χ1v) is 8.90. The maximum atomic E-state index is 13.6. The van der Waals surface area contributed by atoms with Crippen LogP contribution in [-0.4, -0.2) is 33.2 Å². The largest absolute Gasteiger partial charge is 0.490 e. The van der Waals surface area contributed by atoms with Crippen LogP contribution in [0, 0.1) is 11.7 Å². The molecule has 122 valence electrons. The minimum absolute atomic E-state index is 0.00203. The van der Waals surface area contributed by atoms with Gasteiger partial charge in [-0.3, -0.25) is 4.79 Å². The lowest BCUT2D eigenvalue weighted by molar-refractivity contribution is -0.117. The highest BCUT2D eigenvalue weighted by Crippen LogP contribution is 2.39. The standard InChI is InChI=1S/C13H14BrF2NO4S/c1-2-21-13-10(14)4-9(15)5-11(13)17-6-8(3-12(17)18)7-22(16,19)20/h4-5,8H,2-3,6-7H2,1H3. The van der Waals surface area contributed by atoms with Gasteiger partial charge in [0.25, 0.3) is 0 Å². The summed E-state index contributed by atoms with van der Waals surface area (Å²) in [6.45, 7) is 2.04. The number of nitrogens with zero attached hydrogens (tertiary/aromatic N) is 1. The SMILES string of the molecule is CCOc1c(Br)cc(F)cc1N1CC(CS(=O)(=O)F)CC1=O. The van der Waals surface area contributed by atoms with Crippen LogP contribution in [0.25, 0.3) is 0 Å². The Morgan fingerprint density at radius 1 is 1.45 bits per heavy atom. The molecular weight excluding hydrogens is 384 g/mol. The maximum absolute atomic E-state index is 13.6. The second-order valence-corrected chi connectivity index (χ2v) is 7.21. The van der Waals surface area contributed by atoms with Crippen molar-refractivity contribution < 1.29 is 26.2 Å². The molecule has 1 aliphatic rings. The molecule has 1 fully saturated rings. The van der Waals surface area contributed by atoms with E-state index >= 15 is 0 Å². The molecule has 1 heterocycles. The van der Waals surface area contributed by atoms with Crippen LogP contribution in [0.2, 0.25) is 0 Å². The fraction of sp³-hybridized carbons (Fsp3) is 0.462. The Balaban J connectivity index is 2.34. The highest BCUT2D eigenvalue weighted by molar-refractivity contribution is 9.10. The van der Waals surface area contributed by atoms with Gasteiger partial charge < -0.3 is 9.64 Å². The van der Waals surface area contributed by atoms with E-state index in [0.29, 0.717) is 16.8 Å². The predicted molar refractivity (Wildman–Crippen MR) is 80.6 cm³/mol. The number of ether oxygens (including phenoxy) is 1. The van der Waals surface area contributed by atoms with E-state index in [2.05, 4.69) is 15.9 Å². The van der Waals surface area contributed by atoms with Gasteiger partial charge in [0.05, 0.1) is 22.5 Å². The van der Waals surface area contributed by atoms with Gasteiger partial charge in [0.1, 0.15) is 5.82 Å². The second kappa shape index (κ2) is 6.49. The molecule has 0 radical (unpaired) electrons. The molecule has 1 aromatic carbocycles. The first-order chi connectivity index (χ1) is 10.2. The summed E-state index contributed by atoms with van der Waals surface area (Å²) in [5.74, 6) is -2.07. The fourth-order valence-corrected chi connectivity index (χ4v) is 3.76. The molecule has 0 aliphatic carbocycles. The minimum atomic E-state index is -4.67. The quantitative estimate of drug-likeness (QED) is 0.716. The van der Waals surface area contributed by atoms with Gasteiger partial charge in [0.15, 0.2) is 5.75 Å². The second-order valence-electron chi connectivity index (χ2n) is 4.95. The smallest absolute Gasteiger partial charge is 0.302 e. The Kier molecular flexibility index (Phi) is 5.06. The lowest BCUT2D eigenvalue weighted by Gasteiger charge is -2.21. The average molecular weight is 398 g/mol. The molecule has 0 bridgehead atoms. The van der Waals surface area contributed by atoms with Crippen molar-refractivity contribution in [2.24, 2.45) is 5.92 Å². The molecule has 22 heavy (non-hydrogen) atoms. The van der Waals surface area contributed by atoms with Crippen LogP contribution in [0.4, 0.5) is 14.0 Å². The van der Waals surface area contributed by atoms with Gasteiger partial charge in [-0.1, -0.05) is 0 Å². The van der Waals surface area contributed by atoms with E-state index in [4.69, 9.17) is 4.74 Å². The molecule has 1 saturated heterocycles. The Morgan fingerprint density at radius 3 is 2.73 bits per heavy atom. The fourth-order valence-electron chi connectivity index (χ4n) is 2.44. The molecule has 1 atom stereocenters. The zero-order chi connectivity index (χ0) is 16.5. The van der Waals surface area contributed by atoms with Crippen molar-refractivity contribution >= 4 is 37.7 Å². The van der Waals surface area contributed by atoms with Crippen LogP contribution in [0.3, 0.4) is 0 Å². The summed E-state index contributed by atoms with van der Waals surface area (Å²) in [4.78, 5) is 13.3. The summed E-state index contributed by atoms with van der Waals surface area (Å²) in [6.07, 6.45) is -0.108. The minimum Gasteiger partial charge on any atom is -0.490 e. The monoisotopic (exact) mass is 397 g/mol. The zero-order valence-corrected chi connectivity index (χ0v) is 14.1. The van der Waals surface area contributed by atoms with Gasteiger partial charge in [0.2, 0.25) is 5.91 Å². The van der Waals surface area contributed by atoms with Gasteiger partial charge >= 0.3 is 10.2 Å². The van der Waals surface area contributed by atoms with Gasteiger partial charge in [-0.25, -0.2) is 4.39 Å². The van der Waals surface area contributed by atoms with Crippen molar-refractivity contribution in [3.8, 4) is 5.75 Å². The Labute approximate surface area is 135 Å². The molecule has 0 spiro atoms. The van der Waals surface area contributed by atoms with Crippen molar-refractivity contribution in [3.05, 3.63) is 22.4 Å². The topological polar surface area (TPSA) is 63.7 Å². The van der Waals surface area contributed by atoms with Crippen molar-refractivity contribution in [1.29, 1.82) is 0 Å². The van der Waals surface area contributed by atoms with Crippen LogP contribution < -0.4 is 9.64 Å². The summed E-state index contributed by atoms with van der Waals surface area (Å²) in [6, 6.07) is 2.35. The maximum Gasteiger partial charge on any atom is 0.302 e. The van der Waals surface area contributed by atoms with E-state index in [1.165, 1.54) is 11.0 Å². The molecule has 1 aliphatic heterocycles. The van der Waals surface area contributed by atoms with Crippen LogP contribution >= 0.6 is 15.9 Å². The number of anilines is 1. The molecule has 5 nitrogen and oxygen atoms in total. The third-order valence-corrected chi connectivity index (χ3v) is 4.67. The molecule has 1 aromatic rings. The number of rotatable bonds is 5. The number of amides is 1. The van der Waals surface area contributed by atoms with Gasteiger partial charge in [-0.05, 0) is 28.9 Å². The molecule has 2 rings (SSSR count). The molecular formula is C13H14BrF2NO4S. The molecule has 0 saturated carbocycles. The van der Waals surface area contributed by atoms with Gasteiger partial charge in [0, 0.05) is 24.9 Å². The summed E-state index contributed by atoms with van der Waals surface area (Å²) >= 11 is 3.17. The van der Waals surface area contributed by atoms with Gasteiger partial charge in [-0.2, -0.15) is 8.42 Å². The summed E-state index contributed by atoms with van der Waals surface area (Å²) in [5, 5.41) is 0. The third kappa shape index (κ3) is 3.95. The molecule has 1 amide bonds. The number of hydrogen-bond donors (Lipinski definition) is 0. The van der Waals surface area contributed by atoms with E-state index in [9.17, 15) is 21.5 Å². The zero-order valence-electron chi connectivity index (χ0n) is 11.7. The highest BCUT2D eigenvalue weighted by Gasteiger charge is 2.35. The highest BCUT2D eigenvalue weighted by atomic mass is 79.9. The third-order valence-electron chi connectivity index (χ3n) is 3.21. The summed E-state index contributed by atoms with van der Waals surface area (Å²) in [5.41, 5.74) is 0.206.